The fraction of sp³-hybridized carbons (Fsp3) is 0.452. The molecular weight excluding hydrogens is 530 g/mol. The van der Waals surface area contributed by atoms with Crippen LogP contribution in [0.4, 0.5) is 17.3 Å². The molecule has 11 heteroatoms. The lowest BCUT2D eigenvalue weighted by atomic mass is 9.71. The van der Waals surface area contributed by atoms with Gasteiger partial charge in [-0.3, -0.25) is 9.59 Å². The summed E-state index contributed by atoms with van der Waals surface area (Å²) in [5, 5.41) is 11.7. The van der Waals surface area contributed by atoms with E-state index >= 15 is 0 Å². The van der Waals surface area contributed by atoms with Gasteiger partial charge >= 0.3 is 0 Å². The molecule has 2 saturated heterocycles. The summed E-state index contributed by atoms with van der Waals surface area (Å²) >= 11 is 0. The first-order valence-electron chi connectivity index (χ1n) is 14.8. The Bertz CT molecular complexity index is 1730. The van der Waals surface area contributed by atoms with Crippen molar-refractivity contribution < 1.29 is 0 Å². The van der Waals surface area contributed by atoms with E-state index in [-0.39, 0.29) is 23.7 Å². The summed E-state index contributed by atoms with van der Waals surface area (Å²) in [4.78, 5) is 37.4. The minimum atomic E-state index is -0.256. The van der Waals surface area contributed by atoms with Gasteiger partial charge in [0, 0.05) is 36.7 Å². The maximum Gasteiger partial charge on any atom is 0.278 e. The number of fused-ring (bicyclic) bond motifs is 1. The third-order valence-electron chi connectivity index (χ3n) is 8.78. The van der Waals surface area contributed by atoms with Gasteiger partial charge in [-0.2, -0.15) is 4.98 Å². The number of aryl methyl sites for hydroxylation is 1. The number of hydrogen-bond acceptors (Lipinski definition) is 8. The summed E-state index contributed by atoms with van der Waals surface area (Å²) in [5.74, 6) is 0.775. The van der Waals surface area contributed by atoms with Crippen LogP contribution < -0.4 is 26.7 Å². The fourth-order valence-corrected chi connectivity index (χ4v) is 6.40. The monoisotopic (exact) mass is 569 g/mol. The van der Waals surface area contributed by atoms with Crippen LogP contribution in [0.3, 0.4) is 0 Å². The molecular formula is C31H39N9O2. The first-order valence-corrected chi connectivity index (χ1v) is 14.8. The van der Waals surface area contributed by atoms with Crippen molar-refractivity contribution in [2.75, 3.05) is 36.4 Å². The molecule has 42 heavy (non-hydrogen) atoms. The van der Waals surface area contributed by atoms with Crippen molar-refractivity contribution in [3.63, 3.8) is 0 Å². The third-order valence-corrected chi connectivity index (χ3v) is 8.78. The Morgan fingerprint density at radius 3 is 2.55 bits per heavy atom. The Labute approximate surface area is 244 Å². The summed E-state index contributed by atoms with van der Waals surface area (Å²) in [5.41, 5.74) is 3.77. The Hall–Kier alpha value is -4.25. The zero-order valence-electron chi connectivity index (χ0n) is 24.6. The molecule has 2 aliphatic rings. The van der Waals surface area contributed by atoms with Gasteiger partial charge in [-0.25, -0.2) is 19.0 Å². The fourth-order valence-electron chi connectivity index (χ4n) is 6.40. The lowest BCUT2D eigenvalue weighted by molar-refractivity contribution is 0.155. The smallest absolute Gasteiger partial charge is 0.278 e. The number of allylic oxidation sites excluding steroid dienone is 1. The molecule has 220 valence electrons. The average molecular weight is 570 g/mol. The lowest BCUT2D eigenvalue weighted by Gasteiger charge is -2.45. The minimum absolute atomic E-state index is 0.146. The quantitative estimate of drug-likeness (QED) is 0.322. The average Bonchev–Trinajstić information content (AvgIpc) is 3.25. The molecule has 3 aromatic heterocycles. The largest absolute Gasteiger partial charge is 0.371 e. The molecule has 0 amide bonds. The molecule has 2 aliphatic heterocycles. The number of piperidine rings is 2. The summed E-state index contributed by atoms with van der Waals surface area (Å²) < 4.78 is 4.52. The summed E-state index contributed by atoms with van der Waals surface area (Å²) in [6.07, 6.45) is 8.25. The Kier molecular flexibility index (Phi) is 7.44. The molecule has 0 saturated carbocycles. The first kappa shape index (κ1) is 27.9. The van der Waals surface area contributed by atoms with Crippen molar-refractivity contribution in [2.45, 2.75) is 59.0 Å². The number of hydrogen-bond donors (Lipinski definition) is 2. The van der Waals surface area contributed by atoms with Crippen molar-refractivity contribution in [1.82, 2.24) is 34.4 Å². The van der Waals surface area contributed by atoms with Gasteiger partial charge < -0.3 is 15.5 Å². The van der Waals surface area contributed by atoms with Crippen LogP contribution in [0.25, 0.3) is 16.9 Å². The molecule has 2 N–H and O–H groups in total. The summed E-state index contributed by atoms with van der Waals surface area (Å²) in [6.45, 7) is 14.4. The van der Waals surface area contributed by atoms with Gasteiger partial charge in [-0.15, -0.1) is 11.7 Å². The van der Waals surface area contributed by atoms with Crippen LogP contribution in [-0.2, 0) is 6.54 Å². The number of nitrogens with zero attached hydrogens (tertiary/aromatic N) is 7. The highest BCUT2D eigenvalue weighted by Gasteiger charge is 2.35. The van der Waals surface area contributed by atoms with E-state index in [0.29, 0.717) is 28.2 Å². The van der Waals surface area contributed by atoms with Crippen LogP contribution in [0.15, 0.2) is 58.8 Å². The number of aromatic nitrogens is 6. The second kappa shape index (κ2) is 11.2. The highest BCUT2D eigenvalue weighted by molar-refractivity contribution is 5.77. The van der Waals surface area contributed by atoms with Gasteiger partial charge in [0.1, 0.15) is 5.39 Å². The van der Waals surface area contributed by atoms with E-state index in [1.54, 1.807) is 16.8 Å². The maximum atomic E-state index is 13.3. The van der Waals surface area contributed by atoms with Crippen LogP contribution >= 0.6 is 0 Å². The predicted octanol–water partition coefficient (Wildman–Crippen LogP) is 3.93. The molecule has 0 atom stereocenters. The van der Waals surface area contributed by atoms with E-state index in [4.69, 9.17) is 4.98 Å². The Morgan fingerprint density at radius 1 is 1.10 bits per heavy atom. The van der Waals surface area contributed by atoms with Crippen molar-refractivity contribution in [1.29, 1.82) is 0 Å². The van der Waals surface area contributed by atoms with Gasteiger partial charge in [-0.05, 0) is 94.8 Å². The molecule has 4 aromatic rings. The molecule has 0 radical (unpaired) electrons. The molecule has 11 nitrogen and oxygen atoms in total. The van der Waals surface area contributed by atoms with Crippen LogP contribution in [0.5, 0.6) is 0 Å². The highest BCUT2D eigenvalue weighted by atomic mass is 16.1. The van der Waals surface area contributed by atoms with Crippen LogP contribution in [0.1, 0.15) is 51.1 Å². The van der Waals surface area contributed by atoms with Gasteiger partial charge in [0.05, 0.1) is 12.6 Å². The second-order valence-electron chi connectivity index (χ2n) is 11.9. The molecule has 0 unspecified atom stereocenters. The molecule has 2 fully saturated rings. The first-order chi connectivity index (χ1) is 20.3. The maximum absolute atomic E-state index is 13.3. The van der Waals surface area contributed by atoms with Gasteiger partial charge in [0.25, 0.3) is 11.1 Å². The van der Waals surface area contributed by atoms with E-state index in [9.17, 15) is 9.59 Å². The van der Waals surface area contributed by atoms with Gasteiger partial charge in [-0.1, -0.05) is 6.08 Å². The normalized spacial score (nSPS) is 16.8. The number of anilines is 3. The van der Waals surface area contributed by atoms with Crippen LogP contribution in [0.2, 0.25) is 0 Å². The minimum Gasteiger partial charge on any atom is -0.371 e. The molecule has 5 heterocycles. The molecule has 1 spiro atoms. The van der Waals surface area contributed by atoms with Crippen molar-refractivity contribution in [2.24, 2.45) is 5.41 Å². The number of benzene rings is 1. The van der Waals surface area contributed by atoms with E-state index in [0.717, 1.165) is 31.9 Å². The lowest BCUT2D eigenvalue weighted by Crippen LogP contribution is -2.45. The van der Waals surface area contributed by atoms with Crippen molar-refractivity contribution in [3.8, 4) is 5.82 Å². The molecule has 0 bridgehead atoms. The number of nitrogens with one attached hydrogen (secondary N) is 2. The zero-order chi connectivity index (χ0) is 29.4. The van der Waals surface area contributed by atoms with Crippen LogP contribution in [0, 0.1) is 12.3 Å². The van der Waals surface area contributed by atoms with Gasteiger partial charge in [0.15, 0.2) is 11.5 Å². The van der Waals surface area contributed by atoms with E-state index in [1.807, 2.05) is 13.8 Å². The standard InChI is InChI=1S/C31H39N9O2/c1-5-16-38-29(42)24-20-33-30(35-28(24)40(38)26-8-9-27(41)39(36-26)21(2)3)34-23-6-7-25(22(4)19-23)37-17-12-31(13-18-37)10-14-32-15-11-31/h5-9,19-21,32H,1,10-18H2,2-4H3,(H,33,34,35). The van der Waals surface area contributed by atoms with E-state index in [1.165, 1.54) is 58.6 Å². The van der Waals surface area contributed by atoms with Gasteiger partial charge in [0.2, 0.25) is 5.95 Å². The summed E-state index contributed by atoms with van der Waals surface area (Å²) in [6, 6.07) is 9.26. The topological polar surface area (TPSA) is 115 Å². The van der Waals surface area contributed by atoms with E-state index < -0.39 is 0 Å². The molecule has 6 rings (SSSR count). The predicted molar refractivity (Wildman–Crippen MR) is 166 cm³/mol. The Morgan fingerprint density at radius 2 is 1.86 bits per heavy atom. The Balaban J connectivity index is 1.29. The number of rotatable bonds is 7. The van der Waals surface area contributed by atoms with E-state index in [2.05, 4.69) is 57.3 Å². The summed E-state index contributed by atoms with van der Waals surface area (Å²) in [7, 11) is 0. The molecule has 1 aromatic carbocycles. The second-order valence-corrected chi connectivity index (χ2v) is 11.9. The highest BCUT2D eigenvalue weighted by Crippen LogP contribution is 2.41. The van der Waals surface area contributed by atoms with Crippen molar-refractivity contribution >= 4 is 28.4 Å². The zero-order valence-corrected chi connectivity index (χ0v) is 24.6. The molecule has 0 aliphatic carbocycles. The van der Waals surface area contributed by atoms with Crippen molar-refractivity contribution in [3.05, 3.63) is 75.5 Å². The van der Waals surface area contributed by atoms with Crippen LogP contribution in [-0.4, -0.2) is 55.3 Å². The SMILES string of the molecule is C=CCn1c(=O)c2cnc(Nc3ccc(N4CCC5(CCNCC5)CC4)c(C)c3)nc2n1-c1ccc(=O)n(C(C)C)n1. The third kappa shape index (κ3) is 5.13.